The van der Waals surface area contributed by atoms with E-state index in [2.05, 4.69) is 36.9 Å². The highest BCUT2D eigenvalue weighted by Crippen LogP contribution is 2.25. The van der Waals surface area contributed by atoms with Gasteiger partial charge in [0.25, 0.3) is 0 Å². The van der Waals surface area contributed by atoms with E-state index in [9.17, 15) is 0 Å². The highest BCUT2D eigenvalue weighted by Gasteiger charge is 2.26. The standard InChI is InChI=1S/C21H22ClN7OS2/c1-14(20-23-18(26-30-20)15-4-6-16(22)7-5-15)28-10-8-27(9-11-28)13-29-21(31)24-19(25-29)17-3-2-12-32-17/h2-7,12,14H,8-11,13H2,1H3,(H,24,25,31)/t14-/m0/s1. The van der Waals surface area contributed by atoms with Gasteiger partial charge in [-0.1, -0.05) is 22.8 Å². The zero-order chi connectivity index (χ0) is 22.1. The van der Waals surface area contributed by atoms with Crippen LogP contribution in [0.2, 0.25) is 5.02 Å². The number of nitrogens with one attached hydrogen (secondary N) is 1. The van der Waals surface area contributed by atoms with Crippen LogP contribution in [0.25, 0.3) is 22.1 Å². The van der Waals surface area contributed by atoms with Crippen LogP contribution in [0.4, 0.5) is 0 Å². The maximum atomic E-state index is 5.97. The Kier molecular flexibility index (Phi) is 6.20. The molecule has 0 aliphatic carbocycles. The van der Waals surface area contributed by atoms with E-state index < -0.39 is 0 Å². The van der Waals surface area contributed by atoms with Crippen LogP contribution in [0.3, 0.4) is 0 Å². The summed E-state index contributed by atoms with van der Waals surface area (Å²) < 4.78 is 8.07. The summed E-state index contributed by atoms with van der Waals surface area (Å²) in [6.07, 6.45) is 0. The van der Waals surface area contributed by atoms with Crippen LogP contribution >= 0.6 is 35.2 Å². The van der Waals surface area contributed by atoms with E-state index in [1.54, 1.807) is 11.3 Å². The van der Waals surface area contributed by atoms with E-state index in [4.69, 9.17) is 28.3 Å². The minimum atomic E-state index is 0.0467. The summed E-state index contributed by atoms with van der Waals surface area (Å²) in [6, 6.07) is 11.5. The van der Waals surface area contributed by atoms with Gasteiger partial charge >= 0.3 is 0 Å². The van der Waals surface area contributed by atoms with Gasteiger partial charge < -0.3 is 4.52 Å². The predicted molar refractivity (Wildman–Crippen MR) is 127 cm³/mol. The number of halogens is 1. The third-order valence-electron chi connectivity index (χ3n) is 5.63. The summed E-state index contributed by atoms with van der Waals surface area (Å²) in [5.74, 6) is 2.03. The molecule has 1 aromatic carbocycles. The molecule has 1 saturated heterocycles. The van der Waals surface area contributed by atoms with Crippen molar-refractivity contribution >= 4 is 35.2 Å². The maximum Gasteiger partial charge on any atom is 0.244 e. The van der Waals surface area contributed by atoms with E-state index in [1.807, 2.05) is 46.5 Å². The van der Waals surface area contributed by atoms with Crippen LogP contribution in [0.5, 0.6) is 0 Å². The Morgan fingerprint density at radius 2 is 1.94 bits per heavy atom. The fraction of sp³-hybridized carbons (Fsp3) is 0.333. The monoisotopic (exact) mass is 487 g/mol. The fourth-order valence-electron chi connectivity index (χ4n) is 3.75. The minimum Gasteiger partial charge on any atom is -0.337 e. The molecule has 0 amide bonds. The third-order valence-corrected chi connectivity index (χ3v) is 7.07. The van der Waals surface area contributed by atoms with E-state index >= 15 is 0 Å². The van der Waals surface area contributed by atoms with Crippen molar-refractivity contribution in [2.45, 2.75) is 19.6 Å². The molecular formula is C21H22ClN7OS2. The second-order valence-electron chi connectivity index (χ2n) is 7.69. The first-order chi connectivity index (χ1) is 15.6. The molecule has 0 bridgehead atoms. The molecule has 1 aliphatic heterocycles. The summed E-state index contributed by atoms with van der Waals surface area (Å²) >= 11 is 13.1. The Balaban J connectivity index is 1.19. The smallest absolute Gasteiger partial charge is 0.244 e. The molecule has 0 spiro atoms. The number of aromatic amines is 1. The predicted octanol–water partition coefficient (Wildman–Crippen LogP) is 4.71. The number of H-pyrrole nitrogens is 1. The van der Waals surface area contributed by atoms with Crippen LogP contribution in [0.1, 0.15) is 18.9 Å². The summed E-state index contributed by atoms with van der Waals surface area (Å²) in [6.45, 7) is 6.43. The Hall–Kier alpha value is -2.37. The number of benzene rings is 1. The fourth-order valence-corrected chi connectivity index (χ4v) is 4.73. The van der Waals surface area contributed by atoms with Crippen LogP contribution < -0.4 is 0 Å². The normalized spacial score (nSPS) is 16.4. The molecule has 166 valence electrons. The largest absolute Gasteiger partial charge is 0.337 e. The van der Waals surface area contributed by atoms with Crippen molar-refractivity contribution in [2.75, 3.05) is 26.2 Å². The zero-order valence-corrected chi connectivity index (χ0v) is 19.8. The van der Waals surface area contributed by atoms with Gasteiger partial charge in [0.2, 0.25) is 16.5 Å². The maximum absolute atomic E-state index is 5.97. The van der Waals surface area contributed by atoms with Crippen LogP contribution in [0.15, 0.2) is 46.3 Å². The first kappa shape index (κ1) is 21.5. The SMILES string of the molecule is C[C@@H](c1nc(-c2ccc(Cl)cc2)no1)N1CCN(Cn2[nH]c(-c3cccs3)nc2=S)CC1. The van der Waals surface area contributed by atoms with Gasteiger partial charge in [-0.3, -0.25) is 14.9 Å². The molecule has 1 N–H and O–H groups in total. The van der Waals surface area contributed by atoms with E-state index in [1.165, 1.54) is 0 Å². The van der Waals surface area contributed by atoms with E-state index in [0.717, 1.165) is 42.4 Å². The average Bonchev–Trinajstić information content (AvgIpc) is 3.56. The Morgan fingerprint density at radius 1 is 1.16 bits per heavy atom. The molecule has 0 unspecified atom stereocenters. The topological polar surface area (TPSA) is 79.0 Å². The molecule has 4 heterocycles. The summed E-state index contributed by atoms with van der Waals surface area (Å²) in [7, 11) is 0. The number of nitrogens with zero attached hydrogens (tertiary/aromatic N) is 6. The second kappa shape index (κ2) is 9.24. The zero-order valence-electron chi connectivity index (χ0n) is 17.4. The van der Waals surface area contributed by atoms with Crippen molar-refractivity contribution in [3.05, 3.63) is 57.5 Å². The molecule has 8 nitrogen and oxygen atoms in total. The van der Waals surface area contributed by atoms with Gasteiger partial charge in [-0.15, -0.1) is 11.3 Å². The molecule has 4 aromatic rings. The number of aromatic nitrogens is 5. The molecule has 5 rings (SSSR count). The van der Waals surface area contributed by atoms with Gasteiger partial charge in [0.1, 0.15) is 0 Å². The van der Waals surface area contributed by atoms with Crippen molar-refractivity contribution in [3.8, 4) is 22.1 Å². The number of rotatable bonds is 6. The van der Waals surface area contributed by atoms with Gasteiger partial charge in [-0.2, -0.15) is 9.97 Å². The Morgan fingerprint density at radius 3 is 2.66 bits per heavy atom. The van der Waals surface area contributed by atoms with Crippen LogP contribution in [0, 0.1) is 4.77 Å². The summed E-state index contributed by atoms with van der Waals surface area (Å²) in [4.78, 5) is 14.9. The first-order valence-electron chi connectivity index (χ1n) is 10.3. The average molecular weight is 488 g/mol. The third kappa shape index (κ3) is 4.55. The van der Waals surface area contributed by atoms with Crippen molar-refractivity contribution in [2.24, 2.45) is 0 Å². The van der Waals surface area contributed by atoms with Crippen LogP contribution in [-0.4, -0.2) is 60.9 Å². The lowest BCUT2D eigenvalue weighted by Gasteiger charge is -2.36. The Labute approximate surface area is 199 Å². The van der Waals surface area contributed by atoms with Crippen molar-refractivity contribution in [1.82, 2.24) is 34.7 Å². The summed E-state index contributed by atoms with van der Waals surface area (Å²) in [5, 5.41) is 10.2. The lowest BCUT2D eigenvalue weighted by Crippen LogP contribution is -2.47. The van der Waals surface area contributed by atoms with Crippen molar-refractivity contribution in [1.29, 1.82) is 0 Å². The molecule has 0 saturated carbocycles. The molecule has 1 aliphatic rings. The molecular weight excluding hydrogens is 466 g/mol. The molecule has 1 atom stereocenters. The minimum absolute atomic E-state index is 0.0467. The van der Waals surface area contributed by atoms with Gasteiger partial charge in [-0.05, 0) is 54.9 Å². The number of piperazine rings is 1. The van der Waals surface area contributed by atoms with Crippen molar-refractivity contribution < 1.29 is 4.52 Å². The second-order valence-corrected chi connectivity index (χ2v) is 9.44. The number of hydrogen-bond acceptors (Lipinski definition) is 8. The lowest BCUT2D eigenvalue weighted by atomic mass is 10.2. The van der Waals surface area contributed by atoms with Gasteiger partial charge in [-0.25, -0.2) is 4.68 Å². The highest BCUT2D eigenvalue weighted by molar-refractivity contribution is 7.71. The summed E-state index contributed by atoms with van der Waals surface area (Å²) in [5.41, 5.74) is 0.889. The lowest BCUT2D eigenvalue weighted by molar-refractivity contribution is 0.0685. The van der Waals surface area contributed by atoms with Crippen molar-refractivity contribution in [3.63, 3.8) is 0 Å². The van der Waals surface area contributed by atoms with Crippen LogP contribution in [-0.2, 0) is 6.67 Å². The molecule has 3 aromatic heterocycles. The molecule has 1 fully saturated rings. The quantitative estimate of drug-likeness (QED) is 0.394. The number of hydrogen-bond donors (Lipinski definition) is 1. The Bertz CT molecular complexity index is 1220. The number of thiophene rings is 1. The van der Waals surface area contributed by atoms with E-state index in [0.29, 0.717) is 28.2 Å². The highest BCUT2D eigenvalue weighted by atomic mass is 35.5. The van der Waals surface area contributed by atoms with Gasteiger partial charge in [0, 0.05) is 36.8 Å². The van der Waals surface area contributed by atoms with Gasteiger partial charge in [0.15, 0.2) is 5.82 Å². The van der Waals surface area contributed by atoms with Gasteiger partial charge in [0.05, 0.1) is 17.6 Å². The molecule has 0 radical (unpaired) electrons. The first-order valence-corrected chi connectivity index (χ1v) is 12.0. The molecule has 32 heavy (non-hydrogen) atoms. The van der Waals surface area contributed by atoms with E-state index in [-0.39, 0.29) is 6.04 Å². The molecule has 11 heteroatoms.